The fraction of sp³-hybridized carbons (Fsp3) is 0.417. The minimum atomic E-state index is -1.52. The molecule has 1 aromatic heterocycles. The third kappa shape index (κ3) is 5.08. The van der Waals surface area contributed by atoms with Crippen LogP contribution in [0.15, 0.2) is 30.5 Å². The number of rotatable bonds is 7. The molecule has 0 spiro atoms. The summed E-state index contributed by atoms with van der Waals surface area (Å²) in [5.74, 6) is -5.80. The van der Waals surface area contributed by atoms with Crippen LogP contribution in [0.25, 0.3) is 0 Å². The van der Waals surface area contributed by atoms with Crippen molar-refractivity contribution in [1.29, 1.82) is 0 Å². The molecule has 2 heterocycles. The van der Waals surface area contributed by atoms with Crippen LogP contribution in [0.1, 0.15) is 25.7 Å². The Kier molecular flexibility index (Phi) is 7.07. The van der Waals surface area contributed by atoms with Crippen molar-refractivity contribution < 1.29 is 33.0 Å². The number of hydrogen-bond donors (Lipinski definition) is 3. The van der Waals surface area contributed by atoms with E-state index in [1.165, 1.54) is 23.1 Å². The number of para-hydroxylation sites is 2. The van der Waals surface area contributed by atoms with Gasteiger partial charge in [-0.15, -0.1) is 0 Å². The molecular formula is C24H27F2N5O5. The topological polar surface area (TPSA) is 124 Å². The Balaban J connectivity index is 1.51. The second kappa shape index (κ2) is 10.1. The number of carboxylic acid groups (broad SMARTS) is 1. The number of pyridine rings is 1. The van der Waals surface area contributed by atoms with Crippen molar-refractivity contribution in [3.8, 4) is 11.5 Å². The maximum absolute atomic E-state index is 15.2. The fourth-order valence-corrected chi connectivity index (χ4v) is 4.04. The first-order chi connectivity index (χ1) is 17.1. The molecule has 3 N–H and O–H groups in total. The number of anilines is 2. The maximum atomic E-state index is 15.2. The molecule has 192 valence electrons. The van der Waals surface area contributed by atoms with Gasteiger partial charge in [0.15, 0.2) is 17.4 Å². The lowest BCUT2D eigenvalue weighted by Crippen LogP contribution is -2.46. The molecule has 2 aliphatic rings. The maximum Gasteiger partial charge on any atom is 0.323 e. The summed E-state index contributed by atoms with van der Waals surface area (Å²) >= 11 is 0. The van der Waals surface area contributed by atoms with E-state index in [4.69, 9.17) is 4.74 Å². The zero-order chi connectivity index (χ0) is 26.0. The predicted octanol–water partition coefficient (Wildman–Crippen LogP) is 3.51. The number of aliphatic carboxylic acids is 1. The van der Waals surface area contributed by atoms with Crippen LogP contribution in [0, 0.1) is 17.0 Å². The third-order valence-corrected chi connectivity index (χ3v) is 6.65. The number of nitrogens with one attached hydrogen (secondary N) is 2. The number of nitrogens with zero attached hydrogens (tertiary/aromatic N) is 3. The summed E-state index contributed by atoms with van der Waals surface area (Å²) in [6.07, 6.45) is 2.63. The van der Waals surface area contributed by atoms with Gasteiger partial charge in [0.25, 0.3) is 0 Å². The zero-order valence-electron chi connectivity index (χ0n) is 19.9. The van der Waals surface area contributed by atoms with Gasteiger partial charge in [-0.3, -0.25) is 14.9 Å². The number of urea groups is 1. The third-order valence-electron chi connectivity index (χ3n) is 6.65. The summed E-state index contributed by atoms with van der Waals surface area (Å²) in [5, 5.41) is 14.2. The van der Waals surface area contributed by atoms with Gasteiger partial charge in [-0.1, -0.05) is 12.1 Å². The second-order valence-corrected chi connectivity index (χ2v) is 9.11. The molecule has 4 rings (SSSR count). The summed E-state index contributed by atoms with van der Waals surface area (Å²) in [6, 6.07) is 5.22. The van der Waals surface area contributed by atoms with E-state index in [0.717, 1.165) is 25.9 Å². The second-order valence-electron chi connectivity index (χ2n) is 9.11. The SMILES string of the molecule is CN1CCC(N(C)C(=O)Nc2ncc(F)c(Oc3ccccc3NC(=O)C3(C(=O)O)CC3)c2F)CC1. The molecule has 2 aromatic rings. The van der Waals surface area contributed by atoms with Crippen molar-refractivity contribution in [2.75, 3.05) is 37.8 Å². The van der Waals surface area contributed by atoms with E-state index in [1.54, 1.807) is 13.1 Å². The van der Waals surface area contributed by atoms with E-state index in [-0.39, 0.29) is 30.3 Å². The van der Waals surface area contributed by atoms with Gasteiger partial charge >= 0.3 is 12.0 Å². The first-order valence-electron chi connectivity index (χ1n) is 11.5. The molecular weight excluding hydrogens is 476 g/mol. The van der Waals surface area contributed by atoms with E-state index in [1.807, 2.05) is 7.05 Å². The Morgan fingerprint density at radius 1 is 1.17 bits per heavy atom. The number of halogens is 2. The van der Waals surface area contributed by atoms with Gasteiger partial charge in [0, 0.05) is 13.1 Å². The number of hydrogen-bond acceptors (Lipinski definition) is 6. The minimum absolute atomic E-state index is 0.0310. The smallest absolute Gasteiger partial charge is 0.323 e. The Morgan fingerprint density at radius 3 is 2.47 bits per heavy atom. The van der Waals surface area contributed by atoms with Crippen molar-refractivity contribution in [2.45, 2.75) is 31.7 Å². The number of carbonyl (C=O) groups is 3. The van der Waals surface area contributed by atoms with Crippen LogP contribution in [0.3, 0.4) is 0 Å². The van der Waals surface area contributed by atoms with Crippen molar-refractivity contribution in [3.63, 3.8) is 0 Å². The molecule has 36 heavy (non-hydrogen) atoms. The van der Waals surface area contributed by atoms with Crippen LogP contribution in [0.5, 0.6) is 11.5 Å². The highest BCUT2D eigenvalue weighted by Gasteiger charge is 2.57. The van der Waals surface area contributed by atoms with E-state index in [0.29, 0.717) is 6.20 Å². The van der Waals surface area contributed by atoms with Crippen LogP contribution >= 0.6 is 0 Å². The molecule has 1 aromatic carbocycles. The molecule has 1 aliphatic carbocycles. The highest BCUT2D eigenvalue weighted by atomic mass is 19.1. The Bertz CT molecular complexity index is 1180. The standard InChI is InChI=1S/C24H27F2N5O5/c1-30-11-7-14(8-12-30)31(2)23(35)29-20-18(26)19(15(25)13-27-20)36-17-6-4-3-5-16(17)28-21(32)24(9-10-24)22(33)34/h3-6,13-14H,7-12H2,1-2H3,(H,28,32)(H,33,34)(H,27,29,35). The first-order valence-corrected chi connectivity index (χ1v) is 11.5. The van der Waals surface area contributed by atoms with E-state index >= 15 is 4.39 Å². The van der Waals surface area contributed by atoms with Crippen LogP contribution in [-0.4, -0.2) is 71.0 Å². The lowest BCUT2D eigenvalue weighted by atomic mass is 10.0. The average Bonchev–Trinajstić information content (AvgIpc) is 3.67. The van der Waals surface area contributed by atoms with Crippen LogP contribution in [-0.2, 0) is 9.59 Å². The molecule has 3 amide bonds. The van der Waals surface area contributed by atoms with E-state index in [2.05, 4.69) is 20.5 Å². The largest absolute Gasteiger partial charge is 0.480 e. The number of likely N-dealkylation sites (tertiary alicyclic amines) is 1. The molecule has 2 fully saturated rings. The summed E-state index contributed by atoms with van der Waals surface area (Å²) in [6.45, 7) is 1.65. The lowest BCUT2D eigenvalue weighted by Gasteiger charge is -2.34. The van der Waals surface area contributed by atoms with Gasteiger partial charge in [-0.05, 0) is 58.0 Å². The predicted molar refractivity (Wildman–Crippen MR) is 126 cm³/mol. The lowest BCUT2D eigenvalue weighted by molar-refractivity contribution is -0.147. The molecule has 10 nitrogen and oxygen atoms in total. The summed E-state index contributed by atoms with van der Waals surface area (Å²) < 4.78 is 35.2. The quantitative estimate of drug-likeness (QED) is 0.494. The van der Waals surface area contributed by atoms with Gasteiger partial charge in [0.1, 0.15) is 5.41 Å². The molecule has 0 atom stereocenters. The number of ether oxygens (including phenoxy) is 1. The van der Waals surface area contributed by atoms with Gasteiger partial charge in [0.05, 0.1) is 11.9 Å². The van der Waals surface area contributed by atoms with Crippen molar-refractivity contribution in [3.05, 3.63) is 42.1 Å². The summed E-state index contributed by atoms with van der Waals surface area (Å²) in [4.78, 5) is 43.9. The van der Waals surface area contributed by atoms with Gasteiger partial charge in [-0.2, -0.15) is 4.39 Å². The monoisotopic (exact) mass is 503 g/mol. The van der Waals surface area contributed by atoms with Gasteiger partial charge in [0.2, 0.25) is 17.5 Å². The Labute approximate surface area is 206 Å². The van der Waals surface area contributed by atoms with Gasteiger partial charge in [-0.25, -0.2) is 14.2 Å². The first kappa shape index (κ1) is 25.3. The van der Waals surface area contributed by atoms with Crippen molar-refractivity contribution in [1.82, 2.24) is 14.8 Å². The van der Waals surface area contributed by atoms with Crippen LogP contribution < -0.4 is 15.4 Å². The minimum Gasteiger partial charge on any atom is -0.480 e. The van der Waals surface area contributed by atoms with Crippen molar-refractivity contribution >= 4 is 29.4 Å². The van der Waals surface area contributed by atoms with Gasteiger partial charge < -0.3 is 25.0 Å². The molecule has 0 radical (unpaired) electrons. The summed E-state index contributed by atoms with van der Waals surface area (Å²) in [5.41, 5.74) is -1.48. The Hall–Kier alpha value is -3.80. The highest BCUT2D eigenvalue weighted by Crippen LogP contribution is 2.47. The van der Waals surface area contributed by atoms with E-state index < -0.39 is 46.5 Å². The Morgan fingerprint density at radius 2 is 1.83 bits per heavy atom. The van der Waals surface area contributed by atoms with E-state index in [9.17, 15) is 23.9 Å². The van der Waals surface area contributed by atoms with Crippen LogP contribution in [0.4, 0.5) is 25.1 Å². The molecule has 1 saturated carbocycles. The number of aromatic nitrogens is 1. The molecule has 12 heteroatoms. The zero-order valence-corrected chi connectivity index (χ0v) is 19.9. The summed E-state index contributed by atoms with van der Waals surface area (Å²) in [7, 11) is 3.60. The fourth-order valence-electron chi connectivity index (χ4n) is 4.04. The molecule has 1 saturated heterocycles. The molecule has 1 aliphatic heterocycles. The number of piperidine rings is 1. The number of carboxylic acids is 1. The molecule has 0 bridgehead atoms. The highest BCUT2D eigenvalue weighted by molar-refractivity contribution is 6.11. The number of benzene rings is 1. The molecule has 0 unspecified atom stereocenters. The normalized spacial score (nSPS) is 17.2. The average molecular weight is 504 g/mol. The van der Waals surface area contributed by atoms with Crippen molar-refractivity contribution in [2.24, 2.45) is 5.41 Å². The number of amides is 3. The van der Waals surface area contributed by atoms with Crippen LogP contribution in [0.2, 0.25) is 0 Å². The number of carbonyl (C=O) groups excluding carboxylic acids is 2.